The SMILES string of the molecule is Cc1ccc(OC(=O)c2ccccn2)cc1.[Ir]. The van der Waals surface area contributed by atoms with Crippen LogP contribution in [0.25, 0.3) is 0 Å². The van der Waals surface area contributed by atoms with Crippen LogP contribution >= 0.6 is 0 Å². The first-order valence-electron chi connectivity index (χ1n) is 4.95. The number of nitrogens with zero attached hydrogens (tertiary/aromatic N) is 1. The summed E-state index contributed by atoms with van der Waals surface area (Å²) in [4.78, 5) is 15.5. The molecule has 3 nitrogen and oxygen atoms in total. The minimum Gasteiger partial charge on any atom is -0.422 e. The Kier molecular flexibility index (Phi) is 5.01. The molecular weight excluding hydrogens is 394 g/mol. The van der Waals surface area contributed by atoms with Crippen molar-refractivity contribution in [2.45, 2.75) is 6.92 Å². The molecule has 2 rings (SSSR count). The smallest absolute Gasteiger partial charge is 0.362 e. The van der Waals surface area contributed by atoms with E-state index in [1.807, 2.05) is 19.1 Å². The van der Waals surface area contributed by atoms with Crippen molar-refractivity contribution in [2.24, 2.45) is 0 Å². The third kappa shape index (κ3) is 3.77. The molecule has 17 heavy (non-hydrogen) atoms. The van der Waals surface area contributed by atoms with E-state index >= 15 is 0 Å². The van der Waals surface area contributed by atoms with E-state index in [1.54, 1.807) is 36.5 Å². The molecule has 1 aromatic heterocycles. The predicted octanol–water partition coefficient (Wildman–Crippen LogP) is 2.61. The first-order valence-corrected chi connectivity index (χ1v) is 4.95. The molecule has 0 N–H and O–H groups in total. The average molecular weight is 405 g/mol. The molecule has 0 aliphatic heterocycles. The van der Waals surface area contributed by atoms with Crippen LogP contribution in [0.4, 0.5) is 0 Å². The number of carbonyl (C=O) groups excluding carboxylic acids is 1. The number of aryl methyl sites for hydroxylation is 1. The molecule has 0 bridgehead atoms. The van der Waals surface area contributed by atoms with E-state index in [2.05, 4.69) is 4.98 Å². The van der Waals surface area contributed by atoms with Crippen molar-refractivity contribution in [3.05, 3.63) is 59.9 Å². The van der Waals surface area contributed by atoms with Gasteiger partial charge in [-0.05, 0) is 31.2 Å². The molecule has 0 fully saturated rings. The minimum atomic E-state index is -0.440. The third-order valence-electron chi connectivity index (χ3n) is 2.11. The van der Waals surface area contributed by atoms with Crippen LogP contribution in [-0.4, -0.2) is 11.0 Å². The molecule has 0 aliphatic rings. The summed E-state index contributed by atoms with van der Waals surface area (Å²) in [5.41, 5.74) is 1.43. The zero-order chi connectivity index (χ0) is 11.4. The van der Waals surface area contributed by atoms with Crippen LogP contribution in [0.3, 0.4) is 0 Å². The normalized spacial score (nSPS) is 9.24. The second-order valence-electron chi connectivity index (χ2n) is 3.42. The summed E-state index contributed by atoms with van der Waals surface area (Å²) in [5, 5.41) is 0. The number of aromatic nitrogens is 1. The number of pyridine rings is 1. The molecule has 2 aromatic rings. The molecule has 4 heteroatoms. The first-order chi connectivity index (χ1) is 7.75. The fourth-order valence-electron chi connectivity index (χ4n) is 1.25. The maximum atomic E-state index is 11.6. The van der Waals surface area contributed by atoms with E-state index in [1.165, 1.54) is 0 Å². The molecule has 1 aromatic carbocycles. The Bertz CT molecular complexity index is 483. The van der Waals surface area contributed by atoms with Gasteiger partial charge in [-0.1, -0.05) is 23.8 Å². The van der Waals surface area contributed by atoms with E-state index in [4.69, 9.17) is 4.74 Å². The summed E-state index contributed by atoms with van der Waals surface area (Å²) < 4.78 is 5.15. The van der Waals surface area contributed by atoms with Crippen molar-refractivity contribution in [1.29, 1.82) is 0 Å². The molecule has 0 aliphatic carbocycles. The predicted molar refractivity (Wildman–Crippen MR) is 60.4 cm³/mol. The first kappa shape index (κ1) is 13.6. The summed E-state index contributed by atoms with van der Waals surface area (Å²) in [6, 6.07) is 12.4. The maximum absolute atomic E-state index is 11.6. The summed E-state index contributed by atoms with van der Waals surface area (Å²) >= 11 is 0. The Hall–Kier alpha value is -1.51. The molecule has 0 atom stereocenters. The molecule has 89 valence electrons. The van der Waals surface area contributed by atoms with E-state index in [0.717, 1.165) is 5.56 Å². The van der Waals surface area contributed by atoms with Crippen LogP contribution in [0.15, 0.2) is 48.7 Å². The third-order valence-corrected chi connectivity index (χ3v) is 2.11. The topological polar surface area (TPSA) is 39.2 Å². The van der Waals surface area contributed by atoms with Crippen molar-refractivity contribution < 1.29 is 29.6 Å². The van der Waals surface area contributed by atoms with Gasteiger partial charge in [-0.2, -0.15) is 0 Å². The molecule has 1 heterocycles. The molecule has 0 spiro atoms. The number of carbonyl (C=O) groups is 1. The van der Waals surface area contributed by atoms with E-state index in [-0.39, 0.29) is 20.1 Å². The molecule has 0 saturated heterocycles. The summed E-state index contributed by atoms with van der Waals surface area (Å²) in [5.74, 6) is 0.0886. The van der Waals surface area contributed by atoms with Crippen molar-refractivity contribution in [3.8, 4) is 5.75 Å². The Labute approximate surface area is 113 Å². The molecular formula is C13H11IrNO2. The van der Waals surface area contributed by atoms with Gasteiger partial charge >= 0.3 is 5.97 Å². The molecule has 0 unspecified atom stereocenters. The fourth-order valence-corrected chi connectivity index (χ4v) is 1.25. The average Bonchev–Trinajstić information content (AvgIpc) is 2.33. The summed E-state index contributed by atoms with van der Waals surface area (Å²) in [6.45, 7) is 1.98. The van der Waals surface area contributed by atoms with Gasteiger partial charge < -0.3 is 4.74 Å². The Morgan fingerprint density at radius 1 is 1.12 bits per heavy atom. The zero-order valence-corrected chi connectivity index (χ0v) is 11.6. The van der Waals surface area contributed by atoms with Gasteiger partial charge in [0.15, 0.2) is 0 Å². The number of benzene rings is 1. The Morgan fingerprint density at radius 2 is 1.82 bits per heavy atom. The monoisotopic (exact) mass is 406 g/mol. The van der Waals surface area contributed by atoms with Crippen LogP contribution in [0.2, 0.25) is 0 Å². The van der Waals surface area contributed by atoms with Gasteiger partial charge in [0.25, 0.3) is 0 Å². The number of hydrogen-bond acceptors (Lipinski definition) is 3. The number of rotatable bonds is 2. The summed E-state index contributed by atoms with van der Waals surface area (Å²) in [7, 11) is 0. The van der Waals surface area contributed by atoms with Crippen LogP contribution < -0.4 is 4.74 Å². The van der Waals surface area contributed by atoms with Gasteiger partial charge in [-0.15, -0.1) is 0 Å². The van der Waals surface area contributed by atoms with Crippen LogP contribution in [-0.2, 0) is 20.1 Å². The minimum absolute atomic E-state index is 0. The van der Waals surface area contributed by atoms with Gasteiger partial charge in [-0.25, -0.2) is 9.78 Å². The van der Waals surface area contributed by atoms with Crippen LogP contribution in [0.1, 0.15) is 16.1 Å². The molecule has 0 amide bonds. The number of esters is 1. The van der Waals surface area contributed by atoms with Crippen molar-refractivity contribution >= 4 is 5.97 Å². The maximum Gasteiger partial charge on any atom is 0.362 e. The largest absolute Gasteiger partial charge is 0.422 e. The van der Waals surface area contributed by atoms with Gasteiger partial charge in [0.1, 0.15) is 11.4 Å². The second-order valence-corrected chi connectivity index (χ2v) is 3.42. The number of hydrogen-bond donors (Lipinski definition) is 0. The quantitative estimate of drug-likeness (QED) is 0.570. The van der Waals surface area contributed by atoms with Crippen molar-refractivity contribution in [1.82, 2.24) is 4.98 Å². The van der Waals surface area contributed by atoms with E-state index in [9.17, 15) is 4.79 Å². The van der Waals surface area contributed by atoms with Crippen LogP contribution in [0, 0.1) is 6.92 Å². The summed E-state index contributed by atoms with van der Waals surface area (Å²) in [6.07, 6.45) is 1.56. The van der Waals surface area contributed by atoms with Gasteiger partial charge in [0.05, 0.1) is 0 Å². The zero-order valence-electron chi connectivity index (χ0n) is 9.22. The van der Waals surface area contributed by atoms with Gasteiger partial charge in [0.2, 0.25) is 0 Å². The molecule has 0 saturated carbocycles. The molecule has 1 radical (unpaired) electrons. The number of ether oxygens (including phenoxy) is 1. The van der Waals surface area contributed by atoms with Crippen molar-refractivity contribution in [2.75, 3.05) is 0 Å². The Balaban J connectivity index is 0.00000144. The van der Waals surface area contributed by atoms with Crippen LogP contribution in [0.5, 0.6) is 5.75 Å². The second kappa shape index (κ2) is 6.28. The van der Waals surface area contributed by atoms with E-state index < -0.39 is 5.97 Å². The van der Waals surface area contributed by atoms with E-state index in [0.29, 0.717) is 11.4 Å². The van der Waals surface area contributed by atoms with Gasteiger partial charge in [0, 0.05) is 26.3 Å². The van der Waals surface area contributed by atoms with Gasteiger partial charge in [-0.3, -0.25) is 0 Å². The van der Waals surface area contributed by atoms with Crippen molar-refractivity contribution in [3.63, 3.8) is 0 Å². The fraction of sp³-hybridized carbons (Fsp3) is 0.0769. The Morgan fingerprint density at radius 3 is 2.41 bits per heavy atom. The standard InChI is InChI=1S/C13H11NO2.Ir/c1-10-5-7-11(8-6-10)16-13(15)12-4-2-3-9-14-12;/h2-9H,1H3;.